The zero-order valence-electron chi connectivity index (χ0n) is 10.0. The molecular weight excluding hydrogens is 284 g/mol. The van der Waals surface area contributed by atoms with Crippen LogP contribution in [0.3, 0.4) is 0 Å². The van der Waals surface area contributed by atoms with E-state index in [0.29, 0.717) is 11.3 Å². The molecule has 2 aromatic rings. The van der Waals surface area contributed by atoms with Gasteiger partial charge >= 0.3 is 5.97 Å². The summed E-state index contributed by atoms with van der Waals surface area (Å²) in [6.07, 6.45) is 1.14. The van der Waals surface area contributed by atoms with Gasteiger partial charge in [0, 0.05) is 11.8 Å². The SMILES string of the molecule is NC(=O)c1ccc(Oc2ncc(C(=O)O)cc2Cl)cc1. The predicted molar refractivity (Wildman–Crippen MR) is 71.2 cm³/mol. The van der Waals surface area contributed by atoms with E-state index in [2.05, 4.69) is 4.98 Å². The number of ether oxygens (including phenoxy) is 1. The maximum atomic E-state index is 10.9. The second-order valence-corrected chi connectivity index (χ2v) is 4.21. The summed E-state index contributed by atoms with van der Waals surface area (Å²) in [4.78, 5) is 25.5. The number of carbonyl (C=O) groups is 2. The molecule has 0 spiro atoms. The highest BCUT2D eigenvalue weighted by Gasteiger charge is 2.10. The van der Waals surface area contributed by atoms with Gasteiger partial charge in [0.25, 0.3) is 0 Å². The fraction of sp³-hybridized carbons (Fsp3) is 0. The summed E-state index contributed by atoms with van der Waals surface area (Å²) in [5, 5.41) is 8.86. The number of aromatic nitrogens is 1. The Labute approximate surface area is 118 Å². The number of hydrogen-bond donors (Lipinski definition) is 2. The van der Waals surface area contributed by atoms with E-state index in [1.165, 1.54) is 30.3 Å². The molecule has 0 atom stereocenters. The molecule has 1 aromatic heterocycles. The second kappa shape index (κ2) is 5.58. The fourth-order valence-corrected chi connectivity index (χ4v) is 1.62. The molecule has 6 nitrogen and oxygen atoms in total. The summed E-state index contributed by atoms with van der Waals surface area (Å²) in [6.45, 7) is 0. The number of carbonyl (C=O) groups excluding carboxylic acids is 1. The van der Waals surface area contributed by atoms with Crippen LogP contribution < -0.4 is 10.5 Å². The minimum Gasteiger partial charge on any atom is -0.478 e. The maximum absolute atomic E-state index is 10.9. The molecule has 0 fully saturated rings. The lowest BCUT2D eigenvalue weighted by Gasteiger charge is -2.07. The molecule has 0 unspecified atom stereocenters. The van der Waals surface area contributed by atoms with Crippen molar-refractivity contribution in [3.05, 3.63) is 52.7 Å². The number of aromatic carboxylic acids is 1. The molecule has 0 saturated heterocycles. The Balaban J connectivity index is 2.21. The van der Waals surface area contributed by atoms with Gasteiger partial charge in [-0.05, 0) is 30.3 Å². The van der Waals surface area contributed by atoms with Crippen molar-refractivity contribution in [3.63, 3.8) is 0 Å². The first kappa shape index (κ1) is 13.8. The Bertz CT molecular complexity index is 671. The van der Waals surface area contributed by atoms with Crippen molar-refractivity contribution in [1.82, 2.24) is 4.98 Å². The van der Waals surface area contributed by atoms with E-state index in [9.17, 15) is 9.59 Å². The van der Waals surface area contributed by atoms with Crippen molar-refractivity contribution in [1.29, 1.82) is 0 Å². The van der Waals surface area contributed by atoms with Gasteiger partial charge in [0.1, 0.15) is 10.8 Å². The molecule has 1 amide bonds. The summed E-state index contributed by atoms with van der Waals surface area (Å²) >= 11 is 5.88. The minimum atomic E-state index is -1.13. The summed E-state index contributed by atoms with van der Waals surface area (Å²) < 4.78 is 5.39. The number of carboxylic acid groups (broad SMARTS) is 1. The molecule has 1 aromatic carbocycles. The molecule has 3 N–H and O–H groups in total. The molecule has 0 aliphatic rings. The maximum Gasteiger partial charge on any atom is 0.337 e. The monoisotopic (exact) mass is 292 g/mol. The normalized spacial score (nSPS) is 10.1. The van der Waals surface area contributed by atoms with Crippen molar-refractivity contribution in [2.75, 3.05) is 0 Å². The highest BCUT2D eigenvalue weighted by Crippen LogP contribution is 2.27. The van der Waals surface area contributed by atoms with E-state index in [-0.39, 0.29) is 16.5 Å². The molecule has 0 saturated carbocycles. The number of benzene rings is 1. The lowest BCUT2D eigenvalue weighted by atomic mass is 10.2. The fourth-order valence-electron chi connectivity index (χ4n) is 1.42. The molecule has 1 heterocycles. The van der Waals surface area contributed by atoms with Gasteiger partial charge < -0.3 is 15.6 Å². The highest BCUT2D eigenvalue weighted by molar-refractivity contribution is 6.32. The number of primary amides is 1. The first-order valence-electron chi connectivity index (χ1n) is 5.44. The molecule has 0 aliphatic carbocycles. The minimum absolute atomic E-state index is 0.0357. The average molecular weight is 293 g/mol. The van der Waals surface area contributed by atoms with Crippen LogP contribution in [0.5, 0.6) is 11.6 Å². The van der Waals surface area contributed by atoms with Gasteiger partial charge in [-0.2, -0.15) is 0 Å². The number of rotatable bonds is 4. The first-order chi connectivity index (χ1) is 9.47. The van der Waals surface area contributed by atoms with Gasteiger partial charge in [0.05, 0.1) is 5.56 Å². The molecule has 0 bridgehead atoms. The lowest BCUT2D eigenvalue weighted by molar-refractivity contribution is 0.0696. The molecule has 2 rings (SSSR count). The van der Waals surface area contributed by atoms with Crippen molar-refractivity contribution >= 4 is 23.5 Å². The van der Waals surface area contributed by atoms with E-state index in [1.54, 1.807) is 0 Å². The number of amides is 1. The predicted octanol–water partition coefficient (Wildman–Crippen LogP) is 2.32. The second-order valence-electron chi connectivity index (χ2n) is 3.81. The third-order valence-electron chi connectivity index (χ3n) is 2.41. The van der Waals surface area contributed by atoms with E-state index in [1.807, 2.05) is 0 Å². The van der Waals surface area contributed by atoms with Crippen LogP contribution in [0.4, 0.5) is 0 Å². The van der Waals surface area contributed by atoms with Gasteiger partial charge in [0.2, 0.25) is 11.8 Å². The van der Waals surface area contributed by atoms with E-state index >= 15 is 0 Å². The Kier molecular flexibility index (Phi) is 3.86. The van der Waals surface area contributed by atoms with Gasteiger partial charge in [-0.3, -0.25) is 4.79 Å². The molecule has 7 heteroatoms. The van der Waals surface area contributed by atoms with Gasteiger partial charge in [-0.1, -0.05) is 11.6 Å². The molecule has 0 radical (unpaired) electrons. The summed E-state index contributed by atoms with van der Waals surface area (Å²) in [5.74, 6) is -1.20. The lowest BCUT2D eigenvalue weighted by Crippen LogP contribution is -2.10. The quantitative estimate of drug-likeness (QED) is 0.900. The summed E-state index contributed by atoms with van der Waals surface area (Å²) in [7, 11) is 0. The Hall–Kier alpha value is -2.60. The van der Waals surface area contributed by atoms with E-state index < -0.39 is 11.9 Å². The van der Waals surface area contributed by atoms with Crippen LogP contribution in [-0.4, -0.2) is 22.0 Å². The number of halogens is 1. The summed E-state index contributed by atoms with van der Waals surface area (Å²) in [5.41, 5.74) is 5.43. The first-order valence-corrected chi connectivity index (χ1v) is 5.81. The number of nitrogens with zero attached hydrogens (tertiary/aromatic N) is 1. The van der Waals surface area contributed by atoms with E-state index in [4.69, 9.17) is 27.2 Å². The van der Waals surface area contributed by atoms with Crippen LogP contribution in [0.25, 0.3) is 0 Å². The molecule has 102 valence electrons. The smallest absolute Gasteiger partial charge is 0.337 e. The number of nitrogens with two attached hydrogens (primary N) is 1. The van der Waals surface area contributed by atoms with Crippen molar-refractivity contribution in [2.45, 2.75) is 0 Å². The van der Waals surface area contributed by atoms with Crippen molar-refractivity contribution in [2.24, 2.45) is 5.73 Å². The van der Waals surface area contributed by atoms with Gasteiger partial charge in [-0.15, -0.1) is 0 Å². The molecule has 0 aliphatic heterocycles. The number of hydrogen-bond acceptors (Lipinski definition) is 4. The van der Waals surface area contributed by atoms with Crippen LogP contribution in [0, 0.1) is 0 Å². The third-order valence-corrected chi connectivity index (χ3v) is 2.68. The zero-order chi connectivity index (χ0) is 14.7. The number of carboxylic acids is 1. The number of pyridine rings is 1. The van der Waals surface area contributed by atoms with Crippen LogP contribution >= 0.6 is 11.6 Å². The van der Waals surface area contributed by atoms with Crippen LogP contribution in [-0.2, 0) is 0 Å². The van der Waals surface area contributed by atoms with E-state index in [0.717, 1.165) is 6.20 Å². The Morgan fingerprint density at radius 1 is 1.20 bits per heavy atom. The Morgan fingerprint density at radius 3 is 2.35 bits per heavy atom. The largest absolute Gasteiger partial charge is 0.478 e. The molecule has 20 heavy (non-hydrogen) atoms. The average Bonchev–Trinajstić information content (AvgIpc) is 2.41. The topological polar surface area (TPSA) is 103 Å². The standard InChI is InChI=1S/C13H9ClN2O4/c14-10-5-8(13(18)19)6-16-12(10)20-9-3-1-7(2-4-9)11(15)17/h1-6H,(H2,15,17)(H,18,19). The van der Waals surface area contributed by atoms with Crippen LogP contribution in [0.1, 0.15) is 20.7 Å². The van der Waals surface area contributed by atoms with Crippen molar-refractivity contribution in [3.8, 4) is 11.6 Å². The Morgan fingerprint density at radius 2 is 1.85 bits per heavy atom. The van der Waals surface area contributed by atoms with Crippen LogP contribution in [0.15, 0.2) is 36.5 Å². The van der Waals surface area contributed by atoms with Crippen molar-refractivity contribution < 1.29 is 19.4 Å². The third kappa shape index (κ3) is 3.04. The zero-order valence-corrected chi connectivity index (χ0v) is 10.8. The molecular formula is C13H9ClN2O4. The van der Waals surface area contributed by atoms with Gasteiger partial charge in [0.15, 0.2) is 0 Å². The van der Waals surface area contributed by atoms with Gasteiger partial charge in [-0.25, -0.2) is 9.78 Å². The highest BCUT2D eigenvalue weighted by atomic mass is 35.5. The van der Waals surface area contributed by atoms with Crippen LogP contribution in [0.2, 0.25) is 5.02 Å². The summed E-state index contributed by atoms with van der Waals surface area (Å²) in [6, 6.07) is 7.30.